The molecule has 1 aromatic heterocycles. The standard InChI is InChI=1S/C14H15N3OS/c1-2-6-11-9(4-1)8-12(19-11)14-16-13(17-18-14)10-5-3-7-15-10/h1-2,4,6,10,12,15H,3,5,7-8H2. The molecule has 2 aliphatic heterocycles. The first-order valence-electron chi connectivity index (χ1n) is 6.71. The van der Waals surface area contributed by atoms with Crippen LogP contribution in [-0.4, -0.2) is 16.7 Å². The molecular formula is C14H15N3OS. The lowest BCUT2D eigenvalue weighted by molar-refractivity contribution is 0.366. The molecule has 1 fully saturated rings. The average Bonchev–Trinajstić information content (AvgIpc) is 3.17. The summed E-state index contributed by atoms with van der Waals surface area (Å²) in [5.41, 5.74) is 1.39. The minimum atomic E-state index is 0.278. The highest BCUT2D eigenvalue weighted by molar-refractivity contribution is 7.99. The van der Waals surface area contributed by atoms with E-state index in [1.165, 1.54) is 16.9 Å². The van der Waals surface area contributed by atoms with Gasteiger partial charge in [-0.2, -0.15) is 4.98 Å². The Kier molecular flexibility index (Phi) is 2.81. The molecule has 4 rings (SSSR count). The average molecular weight is 273 g/mol. The van der Waals surface area contributed by atoms with Crippen LogP contribution in [0.25, 0.3) is 0 Å². The fraction of sp³-hybridized carbons (Fsp3) is 0.429. The van der Waals surface area contributed by atoms with Crippen molar-refractivity contribution in [3.05, 3.63) is 41.5 Å². The van der Waals surface area contributed by atoms with Crippen LogP contribution in [0.4, 0.5) is 0 Å². The highest BCUT2D eigenvalue weighted by Crippen LogP contribution is 2.45. The van der Waals surface area contributed by atoms with E-state index >= 15 is 0 Å². The van der Waals surface area contributed by atoms with E-state index in [9.17, 15) is 0 Å². The highest BCUT2D eigenvalue weighted by Gasteiger charge is 2.29. The van der Waals surface area contributed by atoms with Crippen LogP contribution in [0.15, 0.2) is 33.7 Å². The summed E-state index contributed by atoms with van der Waals surface area (Å²) in [6.07, 6.45) is 3.29. The molecule has 2 aromatic rings. The largest absolute Gasteiger partial charge is 0.338 e. The molecule has 19 heavy (non-hydrogen) atoms. The van der Waals surface area contributed by atoms with Gasteiger partial charge in [-0.25, -0.2) is 0 Å². The van der Waals surface area contributed by atoms with Crippen molar-refractivity contribution in [2.24, 2.45) is 0 Å². The number of rotatable bonds is 2. The zero-order chi connectivity index (χ0) is 12.7. The van der Waals surface area contributed by atoms with Crippen molar-refractivity contribution in [3.8, 4) is 0 Å². The minimum absolute atomic E-state index is 0.278. The predicted octanol–water partition coefficient (Wildman–Crippen LogP) is 2.88. The zero-order valence-electron chi connectivity index (χ0n) is 10.5. The van der Waals surface area contributed by atoms with E-state index in [1.807, 2.05) is 11.8 Å². The fourth-order valence-electron chi connectivity index (χ4n) is 2.74. The van der Waals surface area contributed by atoms with Crippen molar-refractivity contribution >= 4 is 11.8 Å². The maximum atomic E-state index is 5.47. The van der Waals surface area contributed by atoms with Crippen molar-refractivity contribution in [2.45, 2.75) is 35.4 Å². The van der Waals surface area contributed by atoms with E-state index in [2.05, 4.69) is 39.7 Å². The number of hydrogen-bond donors (Lipinski definition) is 1. The second-order valence-corrected chi connectivity index (χ2v) is 6.30. The SMILES string of the molecule is c1ccc2c(c1)CC(c1nc(C3CCCN3)no1)S2. The van der Waals surface area contributed by atoms with Crippen LogP contribution >= 0.6 is 11.8 Å². The number of thioether (sulfide) groups is 1. The molecule has 0 bridgehead atoms. The van der Waals surface area contributed by atoms with E-state index in [0.717, 1.165) is 31.1 Å². The number of hydrogen-bond acceptors (Lipinski definition) is 5. The molecule has 1 saturated heterocycles. The summed E-state index contributed by atoms with van der Waals surface area (Å²) < 4.78 is 5.47. The molecule has 3 heterocycles. The lowest BCUT2D eigenvalue weighted by Gasteiger charge is -2.02. The van der Waals surface area contributed by atoms with Crippen LogP contribution in [0.1, 0.15) is 41.4 Å². The van der Waals surface area contributed by atoms with Gasteiger partial charge in [0.2, 0.25) is 5.89 Å². The van der Waals surface area contributed by atoms with Crippen LogP contribution in [0.5, 0.6) is 0 Å². The van der Waals surface area contributed by atoms with Gasteiger partial charge in [-0.1, -0.05) is 23.4 Å². The molecule has 1 aromatic carbocycles. The summed E-state index contributed by atoms with van der Waals surface area (Å²) in [6, 6.07) is 8.79. The number of aromatic nitrogens is 2. The molecule has 2 unspecified atom stereocenters. The molecule has 0 amide bonds. The molecule has 2 atom stereocenters. The van der Waals surface area contributed by atoms with Gasteiger partial charge in [-0.05, 0) is 37.4 Å². The molecule has 0 radical (unpaired) electrons. The summed E-state index contributed by atoms with van der Waals surface area (Å²) in [4.78, 5) is 5.94. The normalized spacial score (nSPS) is 25.7. The number of fused-ring (bicyclic) bond motifs is 1. The lowest BCUT2D eigenvalue weighted by atomic mass is 10.1. The van der Waals surface area contributed by atoms with Crippen molar-refractivity contribution < 1.29 is 4.52 Å². The Hall–Kier alpha value is -1.33. The van der Waals surface area contributed by atoms with Gasteiger partial charge >= 0.3 is 0 Å². The van der Waals surface area contributed by atoms with Gasteiger partial charge in [0.1, 0.15) is 0 Å². The molecule has 0 aliphatic carbocycles. The third-order valence-corrected chi connectivity index (χ3v) is 5.06. The van der Waals surface area contributed by atoms with Gasteiger partial charge in [0.05, 0.1) is 11.3 Å². The zero-order valence-corrected chi connectivity index (χ0v) is 11.3. The first kappa shape index (κ1) is 11.5. The van der Waals surface area contributed by atoms with Crippen molar-refractivity contribution in [2.75, 3.05) is 6.54 Å². The van der Waals surface area contributed by atoms with Crippen molar-refractivity contribution in [1.29, 1.82) is 0 Å². The Morgan fingerprint density at radius 3 is 3.11 bits per heavy atom. The van der Waals surface area contributed by atoms with Crippen LogP contribution in [0, 0.1) is 0 Å². The van der Waals surface area contributed by atoms with Gasteiger partial charge < -0.3 is 9.84 Å². The Morgan fingerprint density at radius 2 is 2.26 bits per heavy atom. The van der Waals surface area contributed by atoms with Gasteiger partial charge in [0.25, 0.3) is 0 Å². The van der Waals surface area contributed by atoms with Crippen LogP contribution in [-0.2, 0) is 6.42 Å². The maximum absolute atomic E-state index is 5.47. The van der Waals surface area contributed by atoms with Gasteiger partial charge in [0, 0.05) is 4.90 Å². The summed E-state index contributed by atoms with van der Waals surface area (Å²) in [5.74, 6) is 1.59. The Balaban J connectivity index is 1.55. The first-order chi connectivity index (χ1) is 9.40. The van der Waals surface area contributed by atoms with Crippen LogP contribution in [0.3, 0.4) is 0 Å². The van der Waals surface area contributed by atoms with E-state index in [1.54, 1.807) is 0 Å². The fourth-order valence-corrected chi connectivity index (χ4v) is 3.97. The van der Waals surface area contributed by atoms with Crippen molar-refractivity contribution in [3.63, 3.8) is 0 Å². The Bertz CT molecular complexity index is 567. The topological polar surface area (TPSA) is 51.0 Å². The van der Waals surface area contributed by atoms with E-state index < -0.39 is 0 Å². The number of benzene rings is 1. The molecule has 5 heteroatoms. The third kappa shape index (κ3) is 2.07. The lowest BCUT2D eigenvalue weighted by Crippen LogP contribution is -2.14. The predicted molar refractivity (Wildman–Crippen MR) is 73.0 cm³/mol. The minimum Gasteiger partial charge on any atom is -0.338 e. The number of nitrogens with zero attached hydrogens (tertiary/aromatic N) is 2. The summed E-state index contributed by atoms with van der Waals surface area (Å²) >= 11 is 1.83. The highest BCUT2D eigenvalue weighted by atomic mass is 32.2. The van der Waals surface area contributed by atoms with Gasteiger partial charge in [-0.15, -0.1) is 11.8 Å². The Morgan fingerprint density at radius 1 is 1.32 bits per heavy atom. The van der Waals surface area contributed by atoms with Gasteiger partial charge in [0.15, 0.2) is 5.82 Å². The maximum Gasteiger partial charge on any atom is 0.240 e. The molecule has 4 nitrogen and oxygen atoms in total. The third-order valence-electron chi connectivity index (χ3n) is 3.75. The molecule has 0 saturated carbocycles. The molecule has 0 spiro atoms. The number of nitrogens with one attached hydrogen (secondary N) is 1. The molecule has 2 aliphatic rings. The second-order valence-electron chi connectivity index (χ2n) is 5.06. The summed E-state index contributed by atoms with van der Waals surface area (Å²) in [5, 5.41) is 7.82. The quantitative estimate of drug-likeness (QED) is 0.911. The van der Waals surface area contributed by atoms with Crippen molar-refractivity contribution in [1.82, 2.24) is 15.5 Å². The first-order valence-corrected chi connectivity index (χ1v) is 7.59. The van der Waals surface area contributed by atoms with Crippen LogP contribution < -0.4 is 5.32 Å². The van der Waals surface area contributed by atoms with E-state index in [0.29, 0.717) is 0 Å². The van der Waals surface area contributed by atoms with E-state index in [-0.39, 0.29) is 11.3 Å². The van der Waals surface area contributed by atoms with Crippen LogP contribution in [0.2, 0.25) is 0 Å². The smallest absolute Gasteiger partial charge is 0.240 e. The van der Waals surface area contributed by atoms with E-state index in [4.69, 9.17) is 4.52 Å². The summed E-state index contributed by atoms with van der Waals surface area (Å²) in [7, 11) is 0. The molecule has 98 valence electrons. The Labute approximate surface area is 116 Å². The second kappa shape index (κ2) is 4.65. The molecule has 1 N–H and O–H groups in total. The summed E-state index contributed by atoms with van der Waals surface area (Å²) in [6.45, 7) is 1.05. The monoisotopic (exact) mass is 273 g/mol. The van der Waals surface area contributed by atoms with Gasteiger partial charge in [-0.3, -0.25) is 0 Å². The molecular weight excluding hydrogens is 258 g/mol.